The van der Waals surface area contributed by atoms with Crippen LogP contribution in [0.15, 0.2) is 36.4 Å². The summed E-state index contributed by atoms with van der Waals surface area (Å²) in [5.74, 6) is 0.625. The maximum absolute atomic E-state index is 12.3. The van der Waals surface area contributed by atoms with Gasteiger partial charge >= 0.3 is 6.03 Å². The van der Waals surface area contributed by atoms with Crippen molar-refractivity contribution in [1.82, 2.24) is 15.5 Å². The minimum Gasteiger partial charge on any atom is -0.491 e. The summed E-state index contributed by atoms with van der Waals surface area (Å²) in [6.07, 6.45) is 0.0287. The Kier molecular flexibility index (Phi) is 7.05. The Balaban J connectivity index is 2.13. The number of benzene rings is 2. The van der Waals surface area contributed by atoms with Crippen molar-refractivity contribution in [3.8, 4) is 5.75 Å². The minimum atomic E-state index is -0.589. The van der Waals surface area contributed by atoms with E-state index >= 15 is 0 Å². The lowest BCUT2D eigenvalue weighted by molar-refractivity contribution is -0.131. The van der Waals surface area contributed by atoms with Crippen molar-refractivity contribution >= 4 is 22.7 Å². The fourth-order valence-corrected chi connectivity index (χ4v) is 2.83. The first-order chi connectivity index (χ1) is 12.8. The number of hydrogen-bond acceptors (Lipinski definition) is 3. The molecule has 6 nitrogen and oxygen atoms in total. The molecule has 27 heavy (non-hydrogen) atoms. The van der Waals surface area contributed by atoms with Crippen LogP contribution in [0.1, 0.15) is 33.3 Å². The summed E-state index contributed by atoms with van der Waals surface area (Å²) >= 11 is 0. The average Bonchev–Trinajstić information content (AvgIpc) is 2.65. The van der Waals surface area contributed by atoms with Gasteiger partial charge in [-0.05, 0) is 44.5 Å². The lowest BCUT2D eigenvalue weighted by Crippen LogP contribution is -2.48. The van der Waals surface area contributed by atoms with E-state index in [0.717, 1.165) is 22.1 Å². The minimum absolute atomic E-state index is 0.0287. The predicted octanol–water partition coefficient (Wildman–Crippen LogP) is 3.29. The van der Waals surface area contributed by atoms with Gasteiger partial charge in [0.2, 0.25) is 5.91 Å². The molecule has 2 N–H and O–H groups in total. The summed E-state index contributed by atoms with van der Waals surface area (Å²) in [4.78, 5) is 25.9. The van der Waals surface area contributed by atoms with Crippen LogP contribution in [0, 0.1) is 0 Å². The van der Waals surface area contributed by atoms with Crippen LogP contribution in [0.4, 0.5) is 4.79 Å². The number of nitrogens with one attached hydrogen (secondary N) is 2. The lowest BCUT2D eigenvalue weighted by atomic mass is 10.0. The highest BCUT2D eigenvalue weighted by molar-refractivity contribution is 5.89. The van der Waals surface area contributed by atoms with Gasteiger partial charge in [-0.15, -0.1) is 0 Å². The molecule has 0 saturated heterocycles. The van der Waals surface area contributed by atoms with Crippen molar-refractivity contribution in [1.29, 1.82) is 0 Å². The Morgan fingerprint density at radius 1 is 1.11 bits per heavy atom. The zero-order chi connectivity index (χ0) is 20.0. The van der Waals surface area contributed by atoms with Crippen molar-refractivity contribution in [2.45, 2.75) is 46.4 Å². The smallest absolute Gasteiger partial charge is 0.315 e. The van der Waals surface area contributed by atoms with Gasteiger partial charge in [0, 0.05) is 25.7 Å². The zero-order valence-electron chi connectivity index (χ0n) is 16.7. The Morgan fingerprint density at radius 3 is 2.48 bits per heavy atom. The van der Waals surface area contributed by atoms with Crippen LogP contribution in [0.5, 0.6) is 5.75 Å². The fourth-order valence-electron chi connectivity index (χ4n) is 2.83. The monoisotopic (exact) mass is 371 g/mol. The van der Waals surface area contributed by atoms with E-state index in [0.29, 0.717) is 13.1 Å². The van der Waals surface area contributed by atoms with Gasteiger partial charge in [-0.3, -0.25) is 4.79 Å². The number of nitrogens with zero attached hydrogens (tertiary/aromatic N) is 1. The molecule has 0 aromatic heterocycles. The molecule has 1 atom stereocenters. The standard InChI is InChI=1S/C21H29N3O3/c1-6-24(5)20(25)15(4)23-21(26)22-13-18-17-10-8-7-9-16(17)11-12-19(18)27-14(2)3/h7-12,14-15H,6,13H2,1-5H3,(H2,22,23,26)/t15-/m0/s1. The molecule has 0 aliphatic rings. The highest BCUT2D eigenvalue weighted by Gasteiger charge is 2.19. The Hall–Kier alpha value is -2.76. The van der Waals surface area contributed by atoms with E-state index < -0.39 is 6.04 Å². The molecule has 0 heterocycles. The largest absolute Gasteiger partial charge is 0.491 e. The summed E-state index contributed by atoms with van der Waals surface area (Å²) in [6, 6.07) is 11.0. The average molecular weight is 371 g/mol. The topological polar surface area (TPSA) is 70.7 Å². The molecule has 0 radical (unpaired) electrons. The molecule has 0 aliphatic carbocycles. The molecule has 0 saturated carbocycles. The van der Waals surface area contributed by atoms with Gasteiger partial charge in [-0.1, -0.05) is 30.3 Å². The number of amides is 3. The van der Waals surface area contributed by atoms with Gasteiger partial charge in [-0.2, -0.15) is 0 Å². The summed E-state index contributed by atoms with van der Waals surface area (Å²) in [6.45, 7) is 8.41. The molecular weight excluding hydrogens is 342 g/mol. The molecule has 2 rings (SSSR count). The first-order valence-electron chi connectivity index (χ1n) is 9.30. The SMILES string of the molecule is CCN(C)C(=O)[C@H](C)NC(=O)NCc1c(OC(C)C)ccc2ccccc12. The maximum atomic E-state index is 12.3. The van der Waals surface area contributed by atoms with E-state index in [-0.39, 0.29) is 18.0 Å². The zero-order valence-corrected chi connectivity index (χ0v) is 16.7. The van der Waals surface area contributed by atoms with Crippen molar-refractivity contribution < 1.29 is 14.3 Å². The lowest BCUT2D eigenvalue weighted by Gasteiger charge is -2.21. The molecular formula is C21H29N3O3. The van der Waals surface area contributed by atoms with Gasteiger partial charge in [-0.25, -0.2) is 4.79 Å². The van der Waals surface area contributed by atoms with Crippen molar-refractivity contribution in [2.75, 3.05) is 13.6 Å². The van der Waals surface area contributed by atoms with Crippen LogP contribution < -0.4 is 15.4 Å². The van der Waals surface area contributed by atoms with Crippen molar-refractivity contribution in [2.24, 2.45) is 0 Å². The highest BCUT2D eigenvalue weighted by Crippen LogP contribution is 2.28. The Labute approximate surface area is 160 Å². The van der Waals surface area contributed by atoms with Gasteiger partial charge in [0.05, 0.1) is 6.10 Å². The highest BCUT2D eigenvalue weighted by atomic mass is 16.5. The molecule has 0 fully saturated rings. The molecule has 0 bridgehead atoms. The van der Waals surface area contributed by atoms with E-state index in [1.807, 2.05) is 57.2 Å². The molecule has 146 valence electrons. The van der Waals surface area contributed by atoms with Crippen LogP contribution in [-0.2, 0) is 11.3 Å². The molecule has 0 unspecified atom stereocenters. The number of urea groups is 1. The van der Waals surface area contributed by atoms with E-state index in [9.17, 15) is 9.59 Å². The number of likely N-dealkylation sites (N-methyl/N-ethyl adjacent to an activating group) is 1. The summed E-state index contributed by atoms with van der Waals surface area (Å²) in [5, 5.41) is 7.65. The predicted molar refractivity (Wildman–Crippen MR) is 108 cm³/mol. The van der Waals surface area contributed by atoms with Crippen LogP contribution >= 0.6 is 0 Å². The summed E-state index contributed by atoms with van der Waals surface area (Å²) < 4.78 is 5.92. The quantitative estimate of drug-likeness (QED) is 0.785. The first kappa shape index (κ1) is 20.6. The van der Waals surface area contributed by atoms with Gasteiger partial charge in [0.15, 0.2) is 0 Å². The van der Waals surface area contributed by atoms with Crippen LogP contribution in [-0.4, -0.2) is 42.6 Å². The number of rotatable bonds is 7. The molecule has 2 aromatic carbocycles. The third-order valence-corrected chi connectivity index (χ3v) is 4.35. The number of fused-ring (bicyclic) bond motifs is 1. The third kappa shape index (κ3) is 5.36. The normalized spacial score (nSPS) is 11.9. The molecule has 0 spiro atoms. The van der Waals surface area contributed by atoms with Gasteiger partial charge in [0.25, 0.3) is 0 Å². The number of ether oxygens (including phenoxy) is 1. The molecule has 2 aromatic rings. The third-order valence-electron chi connectivity index (χ3n) is 4.35. The number of hydrogen-bond donors (Lipinski definition) is 2. The van der Waals surface area contributed by atoms with Crippen LogP contribution in [0.25, 0.3) is 10.8 Å². The van der Waals surface area contributed by atoms with Crippen LogP contribution in [0.2, 0.25) is 0 Å². The van der Waals surface area contributed by atoms with E-state index in [1.54, 1.807) is 18.9 Å². The Morgan fingerprint density at radius 2 is 1.81 bits per heavy atom. The van der Waals surface area contributed by atoms with E-state index in [2.05, 4.69) is 10.6 Å². The van der Waals surface area contributed by atoms with Gasteiger partial charge < -0.3 is 20.3 Å². The number of carbonyl (C=O) groups is 2. The van der Waals surface area contributed by atoms with E-state index in [1.165, 1.54) is 0 Å². The first-order valence-corrected chi connectivity index (χ1v) is 9.30. The maximum Gasteiger partial charge on any atom is 0.315 e. The fraction of sp³-hybridized carbons (Fsp3) is 0.429. The summed E-state index contributed by atoms with van der Waals surface area (Å²) in [5.41, 5.74) is 0.918. The summed E-state index contributed by atoms with van der Waals surface area (Å²) in [7, 11) is 1.71. The second kappa shape index (κ2) is 9.26. The number of carbonyl (C=O) groups excluding carboxylic acids is 2. The Bertz CT molecular complexity index is 804. The second-order valence-corrected chi connectivity index (χ2v) is 6.83. The second-order valence-electron chi connectivity index (χ2n) is 6.83. The molecule has 3 amide bonds. The molecule has 0 aliphatic heterocycles. The van der Waals surface area contributed by atoms with Crippen molar-refractivity contribution in [3.63, 3.8) is 0 Å². The van der Waals surface area contributed by atoms with Crippen LogP contribution in [0.3, 0.4) is 0 Å². The van der Waals surface area contributed by atoms with Crippen molar-refractivity contribution in [3.05, 3.63) is 42.0 Å². The van der Waals surface area contributed by atoms with Gasteiger partial charge in [0.1, 0.15) is 11.8 Å². The van der Waals surface area contributed by atoms with E-state index in [4.69, 9.17) is 4.74 Å². The molecule has 6 heteroatoms.